The molecule has 0 aromatic heterocycles. The zero-order valence-electron chi connectivity index (χ0n) is 17.5. The van der Waals surface area contributed by atoms with E-state index in [0.717, 1.165) is 22.3 Å². The number of carboxylic acid groups (broad SMARTS) is 1. The molecule has 0 fully saturated rings. The van der Waals surface area contributed by atoms with Crippen molar-refractivity contribution in [1.29, 1.82) is 0 Å². The van der Waals surface area contributed by atoms with Crippen molar-refractivity contribution >= 4 is 18.0 Å². The van der Waals surface area contributed by atoms with Crippen molar-refractivity contribution in [3.63, 3.8) is 0 Å². The summed E-state index contributed by atoms with van der Waals surface area (Å²) in [5.41, 5.74) is 4.53. The second-order valence-electron chi connectivity index (χ2n) is 7.40. The number of carbonyl (C=O) groups is 3. The first-order chi connectivity index (χ1) is 14.9. The molecule has 0 saturated heterocycles. The lowest BCUT2D eigenvalue weighted by Gasteiger charge is -2.18. The fourth-order valence-corrected chi connectivity index (χ4v) is 3.65. The Balaban J connectivity index is 1.51. The number of rotatable bonds is 9. The van der Waals surface area contributed by atoms with Gasteiger partial charge >= 0.3 is 12.1 Å². The lowest BCUT2D eigenvalue weighted by molar-refractivity contribution is -0.141. The third kappa shape index (κ3) is 5.40. The van der Waals surface area contributed by atoms with E-state index >= 15 is 0 Å². The summed E-state index contributed by atoms with van der Waals surface area (Å²) in [4.78, 5) is 35.0. The van der Waals surface area contributed by atoms with Gasteiger partial charge in [0.25, 0.3) is 0 Å². The van der Waals surface area contributed by atoms with Crippen LogP contribution in [0, 0.1) is 0 Å². The fourth-order valence-electron chi connectivity index (χ4n) is 3.65. The molecule has 0 saturated carbocycles. The van der Waals surface area contributed by atoms with Crippen LogP contribution in [0.4, 0.5) is 4.79 Å². The molecule has 3 N–H and O–H groups in total. The minimum atomic E-state index is -1.13. The Morgan fingerprint density at radius 2 is 1.61 bits per heavy atom. The van der Waals surface area contributed by atoms with Gasteiger partial charge in [0, 0.05) is 19.6 Å². The number of aliphatic carboxylic acids is 1. The van der Waals surface area contributed by atoms with E-state index in [1.54, 1.807) is 0 Å². The van der Waals surface area contributed by atoms with Gasteiger partial charge in [0.15, 0.2) is 0 Å². The number of amides is 2. The first-order valence-electron chi connectivity index (χ1n) is 10.0. The molecule has 2 unspecified atom stereocenters. The molecular formula is C23H26N2O6. The number of ether oxygens (including phenoxy) is 2. The summed E-state index contributed by atoms with van der Waals surface area (Å²) < 4.78 is 10.7. The van der Waals surface area contributed by atoms with Crippen molar-refractivity contribution in [1.82, 2.24) is 10.6 Å². The monoisotopic (exact) mass is 426 g/mol. The second kappa shape index (κ2) is 10.1. The van der Waals surface area contributed by atoms with E-state index in [-0.39, 0.29) is 25.5 Å². The average Bonchev–Trinajstić information content (AvgIpc) is 3.08. The molecule has 1 aliphatic rings. The van der Waals surface area contributed by atoms with E-state index in [1.807, 2.05) is 36.4 Å². The summed E-state index contributed by atoms with van der Waals surface area (Å²) in [5, 5.41) is 13.8. The lowest BCUT2D eigenvalue weighted by atomic mass is 9.98. The van der Waals surface area contributed by atoms with Crippen molar-refractivity contribution in [3.05, 3.63) is 59.7 Å². The van der Waals surface area contributed by atoms with Crippen molar-refractivity contribution in [2.45, 2.75) is 31.4 Å². The normalized spacial score (nSPS) is 14.1. The molecule has 0 spiro atoms. The number of nitrogens with one attached hydrogen (secondary N) is 2. The summed E-state index contributed by atoms with van der Waals surface area (Å²) in [6.07, 6.45) is -1.30. The Kier molecular flexibility index (Phi) is 7.25. The number of hydrogen-bond donors (Lipinski definition) is 3. The molecule has 2 atom stereocenters. The van der Waals surface area contributed by atoms with Crippen LogP contribution in [0.3, 0.4) is 0 Å². The fraction of sp³-hybridized carbons (Fsp3) is 0.348. The maximum absolute atomic E-state index is 12.2. The molecule has 0 radical (unpaired) electrons. The lowest BCUT2D eigenvalue weighted by Crippen LogP contribution is -2.42. The number of carboxylic acids is 1. The van der Waals surface area contributed by atoms with E-state index in [4.69, 9.17) is 14.6 Å². The van der Waals surface area contributed by atoms with Crippen LogP contribution in [0.5, 0.6) is 0 Å². The van der Waals surface area contributed by atoms with Gasteiger partial charge in [-0.15, -0.1) is 0 Å². The standard InChI is InChI=1S/C23H26N2O6/c1-14(22(27)28)25-21(26)11-15(30-2)12-24-23(29)31-13-20-18-9-5-3-7-16(18)17-8-4-6-10-19(17)20/h3-10,14-15,20H,11-13H2,1-2H3,(H,24,29)(H,25,26)(H,27,28). The highest BCUT2D eigenvalue weighted by Crippen LogP contribution is 2.44. The predicted octanol–water partition coefficient (Wildman–Crippen LogP) is 2.52. The number of fused-ring (bicyclic) bond motifs is 3. The Hall–Kier alpha value is -3.39. The summed E-state index contributed by atoms with van der Waals surface area (Å²) in [6.45, 7) is 1.62. The molecule has 8 heteroatoms. The van der Waals surface area contributed by atoms with Crippen molar-refractivity contribution in [2.24, 2.45) is 0 Å². The maximum atomic E-state index is 12.2. The van der Waals surface area contributed by atoms with Gasteiger partial charge in [-0.3, -0.25) is 9.59 Å². The molecule has 0 heterocycles. The van der Waals surface area contributed by atoms with E-state index in [2.05, 4.69) is 22.8 Å². The Bertz CT molecular complexity index is 915. The smallest absolute Gasteiger partial charge is 0.407 e. The van der Waals surface area contributed by atoms with Crippen molar-refractivity contribution in [3.8, 4) is 11.1 Å². The van der Waals surface area contributed by atoms with E-state index < -0.39 is 30.1 Å². The minimum Gasteiger partial charge on any atom is -0.480 e. The first-order valence-corrected chi connectivity index (χ1v) is 10.0. The van der Waals surface area contributed by atoms with Crippen LogP contribution in [-0.2, 0) is 19.1 Å². The average molecular weight is 426 g/mol. The highest BCUT2D eigenvalue weighted by molar-refractivity contribution is 5.83. The first kappa shape index (κ1) is 22.3. The van der Waals surface area contributed by atoms with Gasteiger partial charge in [0.05, 0.1) is 12.5 Å². The molecule has 2 aromatic rings. The quantitative estimate of drug-likeness (QED) is 0.568. The van der Waals surface area contributed by atoms with Gasteiger partial charge in [0.1, 0.15) is 12.6 Å². The van der Waals surface area contributed by atoms with Crippen LogP contribution in [0.25, 0.3) is 11.1 Å². The second-order valence-corrected chi connectivity index (χ2v) is 7.40. The highest BCUT2D eigenvalue weighted by Gasteiger charge is 2.29. The molecule has 2 amide bonds. The van der Waals surface area contributed by atoms with E-state index in [9.17, 15) is 14.4 Å². The van der Waals surface area contributed by atoms with Crippen LogP contribution < -0.4 is 10.6 Å². The molecule has 8 nitrogen and oxygen atoms in total. The summed E-state index contributed by atoms with van der Waals surface area (Å²) in [6, 6.07) is 15.1. The molecule has 1 aliphatic carbocycles. The van der Waals surface area contributed by atoms with Gasteiger partial charge in [-0.05, 0) is 29.2 Å². The van der Waals surface area contributed by atoms with Gasteiger partial charge in [-0.25, -0.2) is 4.79 Å². The number of alkyl carbamates (subject to hydrolysis) is 1. The Morgan fingerprint density at radius 1 is 1.03 bits per heavy atom. The van der Waals surface area contributed by atoms with Gasteiger partial charge < -0.3 is 25.2 Å². The largest absolute Gasteiger partial charge is 0.480 e. The summed E-state index contributed by atoms with van der Waals surface area (Å²) in [7, 11) is 1.41. The van der Waals surface area contributed by atoms with E-state index in [0.29, 0.717) is 0 Å². The molecular weight excluding hydrogens is 400 g/mol. The molecule has 164 valence electrons. The van der Waals surface area contributed by atoms with Crippen LogP contribution in [-0.4, -0.2) is 55.5 Å². The van der Waals surface area contributed by atoms with Crippen LogP contribution in [0.1, 0.15) is 30.4 Å². The molecule has 0 bridgehead atoms. The number of methoxy groups -OCH3 is 1. The highest BCUT2D eigenvalue weighted by atomic mass is 16.5. The van der Waals surface area contributed by atoms with Crippen LogP contribution >= 0.6 is 0 Å². The zero-order chi connectivity index (χ0) is 22.4. The molecule has 31 heavy (non-hydrogen) atoms. The van der Waals surface area contributed by atoms with E-state index in [1.165, 1.54) is 14.0 Å². The van der Waals surface area contributed by atoms with Gasteiger partial charge in [-0.1, -0.05) is 48.5 Å². The number of hydrogen-bond acceptors (Lipinski definition) is 5. The topological polar surface area (TPSA) is 114 Å². The predicted molar refractivity (Wildman–Crippen MR) is 114 cm³/mol. The SMILES string of the molecule is COC(CNC(=O)OCC1c2ccccc2-c2ccccc21)CC(=O)NC(C)C(=O)O. The maximum Gasteiger partial charge on any atom is 0.407 e. The Labute approximate surface area is 180 Å². The molecule has 2 aromatic carbocycles. The van der Waals surface area contributed by atoms with Gasteiger partial charge in [0.2, 0.25) is 5.91 Å². The Morgan fingerprint density at radius 3 is 2.16 bits per heavy atom. The number of carbonyl (C=O) groups excluding carboxylic acids is 2. The zero-order valence-corrected chi connectivity index (χ0v) is 17.5. The summed E-state index contributed by atoms with van der Waals surface area (Å²) in [5.74, 6) is -1.64. The van der Waals surface area contributed by atoms with Gasteiger partial charge in [-0.2, -0.15) is 0 Å². The van der Waals surface area contributed by atoms with Crippen LogP contribution in [0.2, 0.25) is 0 Å². The summed E-state index contributed by atoms with van der Waals surface area (Å²) >= 11 is 0. The third-order valence-corrected chi connectivity index (χ3v) is 5.31. The third-order valence-electron chi connectivity index (χ3n) is 5.31. The van der Waals surface area contributed by atoms with Crippen LogP contribution in [0.15, 0.2) is 48.5 Å². The molecule has 3 rings (SSSR count). The van der Waals surface area contributed by atoms with Crippen molar-refractivity contribution < 1.29 is 29.0 Å². The molecule has 0 aliphatic heterocycles. The minimum absolute atomic E-state index is 0.0420. The number of benzene rings is 2. The van der Waals surface area contributed by atoms with Crippen molar-refractivity contribution in [2.75, 3.05) is 20.3 Å².